The Morgan fingerprint density at radius 3 is 2.58 bits per heavy atom. The number of methoxy groups -OCH3 is 1. The first-order valence-electron chi connectivity index (χ1n) is 8.45. The summed E-state index contributed by atoms with van der Waals surface area (Å²) < 4.78 is 16.5. The van der Waals surface area contributed by atoms with Gasteiger partial charge in [0.15, 0.2) is 11.5 Å². The first-order chi connectivity index (χ1) is 12.4. The van der Waals surface area contributed by atoms with Crippen LogP contribution in [0.5, 0.6) is 17.2 Å². The Bertz CT molecular complexity index is 784. The van der Waals surface area contributed by atoms with Crippen molar-refractivity contribution < 1.29 is 19.0 Å². The number of nitrogens with one attached hydrogen (secondary N) is 1. The van der Waals surface area contributed by atoms with Gasteiger partial charge in [-0.25, -0.2) is 0 Å². The fourth-order valence-electron chi connectivity index (χ4n) is 2.39. The molecule has 0 aliphatic rings. The maximum absolute atomic E-state index is 12.6. The summed E-state index contributed by atoms with van der Waals surface area (Å²) >= 11 is 0. The van der Waals surface area contributed by atoms with Crippen molar-refractivity contribution in [3.63, 3.8) is 0 Å². The van der Waals surface area contributed by atoms with Crippen LogP contribution in [0.3, 0.4) is 0 Å². The Labute approximate surface area is 154 Å². The smallest absolute Gasteiger partial charge is 0.255 e. The summed E-state index contributed by atoms with van der Waals surface area (Å²) in [6.07, 6.45) is 1.75. The SMILES string of the molecule is C=CCOc1ccc(C(=O)Nc2ccc(OC(C)C)cc2C)cc1OC. The van der Waals surface area contributed by atoms with Gasteiger partial charge in [0.1, 0.15) is 12.4 Å². The van der Waals surface area contributed by atoms with Crippen molar-refractivity contribution in [2.75, 3.05) is 19.0 Å². The minimum Gasteiger partial charge on any atom is -0.493 e. The van der Waals surface area contributed by atoms with Crippen molar-refractivity contribution in [2.24, 2.45) is 0 Å². The van der Waals surface area contributed by atoms with Gasteiger partial charge in [0.05, 0.1) is 13.2 Å². The third-order valence-corrected chi connectivity index (χ3v) is 3.60. The van der Waals surface area contributed by atoms with Gasteiger partial charge in [-0.1, -0.05) is 12.7 Å². The van der Waals surface area contributed by atoms with Gasteiger partial charge in [-0.05, 0) is 62.7 Å². The Morgan fingerprint density at radius 1 is 1.19 bits per heavy atom. The summed E-state index contributed by atoms with van der Waals surface area (Å²) in [5, 5.41) is 2.91. The van der Waals surface area contributed by atoms with Gasteiger partial charge < -0.3 is 19.5 Å². The van der Waals surface area contributed by atoms with Crippen LogP contribution in [0.15, 0.2) is 49.1 Å². The van der Waals surface area contributed by atoms with Gasteiger partial charge in [0, 0.05) is 11.3 Å². The molecule has 138 valence electrons. The largest absolute Gasteiger partial charge is 0.493 e. The minimum atomic E-state index is -0.223. The van der Waals surface area contributed by atoms with E-state index in [1.807, 2.05) is 39.0 Å². The molecule has 5 nitrogen and oxygen atoms in total. The molecule has 0 radical (unpaired) electrons. The van der Waals surface area contributed by atoms with Crippen LogP contribution < -0.4 is 19.5 Å². The summed E-state index contributed by atoms with van der Waals surface area (Å²) in [6.45, 7) is 9.85. The molecule has 2 aromatic carbocycles. The number of hydrogen-bond acceptors (Lipinski definition) is 4. The Balaban J connectivity index is 2.15. The molecule has 0 unspecified atom stereocenters. The molecule has 0 aliphatic heterocycles. The second-order valence-electron chi connectivity index (χ2n) is 6.06. The summed E-state index contributed by atoms with van der Waals surface area (Å²) in [7, 11) is 1.54. The van der Waals surface area contributed by atoms with Crippen LogP contribution in [0.1, 0.15) is 29.8 Å². The molecule has 2 rings (SSSR count). The molecule has 2 aromatic rings. The van der Waals surface area contributed by atoms with E-state index in [9.17, 15) is 4.79 Å². The lowest BCUT2D eigenvalue weighted by molar-refractivity contribution is 0.102. The van der Waals surface area contributed by atoms with E-state index in [1.165, 1.54) is 7.11 Å². The molecule has 0 aliphatic carbocycles. The number of benzene rings is 2. The third-order valence-electron chi connectivity index (χ3n) is 3.60. The van der Waals surface area contributed by atoms with E-state index in [4.69, 9.17) is 14.2 Å². The molecule has 26 heavy (non-hydrogen) atoms. The monoisotopic (exact) mass is 355 g/mol. The topological polar surface area (TPSA) is 56.8 Å². The zero-order chi connectivity index (χ0) is 19.1. The van der Waals surface area contributed by atoms with Crippen molar-refractivity contribution in [3.05, 3.63) is 60.2 Å². The van der Waals surface area contributed by atoms with E-state index in [2.05, 4.69) is 11.9 Å². The molecule has 1 N–H and O–H groups in total. The highest BCUT2D eigenvalue weighted by Gasteiger charge is 2.13. The zero-order valence-electron chi connectivity index (χ0n) is 15.7. The predicted molar refractivity (Wildman–Crippen MR) is 104 cm³/mol. The molecule has 0 saturated carbocycles. The number of hydrogen-bond donors (Lipinski definition) is 1. The minimum absolute atomic E-state index is 0.101. The quantitative estimate of drug-likeness (QED) is 0.703. The van der Waals surface area contributed by atoms with Crippen LogP contribution >= 0.6 is 0 Å². The first kappa shape index (κ1) is 19.4. The number of aryl methyl sites for hydroxylation is 1. The summed E-state index contributed by atoms with van der Waals surface area (Å²) in [4.78, 5) is 12.6. The van der Waals surface area contributed by atoms with Crippen molar-refractivity contribution in [1.82, 2.24) is 0 Å². The van der Waals surface area contributed by atoms with Crippen LogP contribution in [0.4, 0.5) is 5.69 Å². The van der Waals surface area contributed by atoms with Gasteiger partial charge in [-0.2, -0.15) is 0 Å². The lowest BCUT2D eigenvalue weighted by Gasteiger charge is -2.14. The molecule has 0 bridgehead atoms. The standard InChI is InChI=1S/C21H25NO4/c1-6-11-25-19-10-7-16(13-20(19)24-5)21(23)22-18-9-8-17(12-15(18)4)26-14(2)3/h6-10,12-14H,1,11H2,2-5H3,(H,22,23). The molecule has 0 spiro atoms. The van der Waals surface area contributed by atoms with Crippen LogP contribution in [0, 0.1) is 6.92 Å². The predicted octanol–water partition coefficient (Wildman–Crippen LogP) is 4.61. The van der Waals surface area contributed by atoms with Crippen molar-refractivity contribution in [3.8, 4) is 17.2 Å². The highest BCUT2D eigenvalue weighted by Crippen LogP contribution is 2.29. The Morgan fingerprint density at radius 2 is 1.96 bits per heavy atom. The molecule has 0 atom stereocenters. The molecule has 0 fully saturated rings. The van der Waals surface area contributed by atoms with E-state index in [0.29, 0.717) is 23.7 Å². The van der Waals surface area contributed by atoms with Crippen LogP contribution in [0.25, 0.3) is 0 Å². The molecule has 1 amide bonds. The Kier molecular flexibility index (Phi) is 6.67. The normalized spacial score (nSPS) is 10.3. The highest BCUT2D eigenvalue weighted by atomic mass is 16.5. The van der Waals surface area contributed by atoms with E-state index < -0.39 is 0 Å². The van der Waals surface area contributed by atoms with Gasteiger partial charge >= 0.3 is 0 Å². The van der Waals surface area contributed by atoms with E-state index in [-0.39, 0.29) is 12.0 Å². The van der Waals surface area contributed by atoms with Gasteiger partial charge in [-0.3, -0.25) is 4.79 Å². The van der Waals surface area contributed by atoms with Gasteiger partial charge in [-0.15, -0.1) is 0 Å². The maximum atomic E-state index is 12.6. The Hall–Kier alpha value is -2.95. The summed E-state index contributed by atoms with van der Waals surface area (Å²) in [6, 6.07) is 10.6. The van der Waals surface area contributed by atoms with Crippen molar-refractivity contribution >= 4 is 11.6 Å². The number of rotatable bonds is 8. The number of carbonyl (C=O) groups is 1. The van der Waals surface area contributed by atoms with Crippen molar-refractivity contribution in [1.29, 1.82) is 0 Å². The van der Waals surface area contributed by atoms with Crippen molar-refractivity contribution in [2.45, 2.75) is 26.9 Å². The third kappa shape index (κ3) is 5.02. The molecule has 0 saturated heterocycles. The van der Waals surface area contributed by atoms with E-state index in [1.54, 1.807) is 24.3 Å². The number of amides is 1. The average molecular weight is 355 g/mol. The van der Waals surface area contributed by atoms with Gasteiger partial charge in [0.25, 0.3) is 5.91 Å². The number of anilines is 1. The molecule has 0 aromatic heterocycles. The molecule has 5 heteroatoms. The van der Waals surface area contributed by atoms with Crippen LogP contribution in [0.2, 0.25) is 0 Å². The fourth-order valence-corrected chi connectivity index (χ4v) is 2.39. The second kappa shape index (κ2) is 8.94. The maximum Gasteiger partial charge on any atom is 0.255 e. The van der Waals surface area contributed by atoms with E-state index >= 15 is 0 Å². The van der Waals surface area contributed by atoms with Crippen LogP contribution in [-0.4, -0.2) is 25.7 Å². The lowest BCUT2D eigenvalue weighted by atomic mass is 10.1. The number of ether oxygens (including phenoxy) is 3. The molecular formula is C21H25NO4. The summed E-state index contributed by atoms with van der Waals surface area (Å²) in [5.41, 5.74) is 2.14. The van der Waals surface area contributed by atoms with Crippen LogP contribution in [-0.2, 0) is 0 Å². The fraction of sp³-hybridized carbons (Fsp3) is 0.286. The molecule has 0 heterocycles. The molecular weight excluding hydrogens is 330 g/mol. The zero-order valence-corrected chi connectivity index (χ0v) is 15.7. The second-order valence-corrected chi connectivity index (χ2v) is 6.06. The number of carbonyl (C=O) groups excluding carboxylic acids is 1. The lowest BCUT2D eigenvalue weighted by Crippen LogP contribution is -2.13. The van der Waals surface area contributed by atoms with E-state index in [0.717, 1.165) is 17.0 Å². The summed E-state index contributed by atoms with van der Waals surface area (Å²) in [5.74, 6) is 1.62. The van der Waals surface area contributed by atoms with Gasteiger partial charge in [0.2, 0.25) is 0 Å². The highest BCUT2D eigenvalue weighted by molar-refractivity contribution is 6.05. The average Bonchev–Trinajstić information content (AvgIpc) is 2.61. The first-order valence-corrected chi connectivity index (χ1v) is 8.45.